The van der Waals surface area contributed by atoms with Crippen molar-refractivity contribution in [2.45, 2.75) is 13.0 Å². The van der Waals surface area contributed by atoms with E-state index in [1.54, 1.807) is 7.11 Å². The Hall–Kier alpha value is -4.69. The van der Waals surface area contributed by atoms with Crippen LogP contribution in [0, 0.1) is 6.92 Å². The van der Waals surface area contributed by atoms with Crippen LogP contribution in [0.15, 0.2) is 118 Å². The maximum absolute atomic E-state index is 5.36. The van der Waals surface area contributed by atoms with Gasteiger partial charge in [0, 0.05) is 15.7 Å². The van der Waals surface area contributed by atoms with Crippen LogP contribution in [-0.4, -0.2) is 28.6 Å². The fourth-order valence-electron chi connectivity index (χ4n) is 5.32. The Morgan fingerprint density at radius 1 is 0.825 bits per heavy atom. The van der Waals surface area contributed by atoms with Crippen LogP contribution in [0.4, 0.5) is 22.9 Å². The van der Waals surface area contributed by atoms with E-state index in [0.717, 1.165) is 61.4 Å². The Bertz CT molecular complexity index is 1780. The number of para-hydroxylation sites is 3. The van der Waals surface area contributed by atoms with Gasteiger partial charge in [-0.05, 0) is 73.2 Å². The number of nitrogens with zero attached hydrogens (tertiary/aromatic N) is 5. The Morgan fingerprint density at radius 3 is 2.30 bits per heavy atom. The van der Waals surface area contributed by atoms with E-state index in [0.29, 0.717) is 5.84 Å². The van der Waals surface area contributed by atoms with Crippen LogP contribution in [0.1, 0.15) is 22.9 Å². The first kappa shape index (κ1) is 24.4. The van der Waals surface area contributed by atoms with Crippen LogP contribution in [-0.2, 0) is 0 Å². The number of aryl methyl sites for hydroxylation is 1. The molecule has 2 aliphatic rings. The molecule has 0 unspecified atom stereocenters. The van der Waals surface area contributed by atoms with Crippen molar-refractivity contribution in [1.82, 2.24) is 9.78 Å². The number of halogens is 1. The van der Waals surface area contributed by atoms with Gasteiger partial charge in [-0.25, -0.2) is 14.7 Å². The molecule has 1 N–H and O–H groups in total. The molecule has 196 valence electrons. The first-order chi connectivity index (χ1) is 19.6. The third kappa shape index (κ3) is 4.08. The lowest BCUT2D eigenvalue weighted by Gasteiger charge is -2.40. The van der Waals surface area contributed by atoms with Gasteiger partial charge in [-0.15, -0.1) is 0 Å². The van der Waals surface area contributed by atoms with E-state index in [1.807, 2.05) is 65.3 Å². The molecule has 0 bridgehead atoms. The lowest BCUT2D eigenvalue weighted by Crippen LogP contribution is -2.46. The van der Waals surface area contributed by atoms with Gasteiger partial charge < -0.3 is 15.0 Å². The molecule has 2 aliphatic heterocycles. The van der Waals surface area contributed by atoms with E-state index in [4.69, 9.17) is 19.8 Å². The van der Waals surface area contributed by atoms with Gasteiger partial charge in [0.1, 0.15) is 5.75 Å². The zero-order valence-electron chi connectivity index (χ0n) is 21.9. The Morgan fingerprint density at radius 2 is 1.55 bits per heavy atom. The normalized spacial score (nSPS) is 15.4. The summed E-state index contributed by atoms with van der Waals surface area (Å²) in [6.45, 7) is 2.06. The number of aromatic nitrogens is 2. The van der Waals surface area contributed by atoms with Gasteiger partial charge in [0.2, 0.25) is 0 Å². The van der Waals surface area contributed by atoms with Crippen LogP contribution >= 0.6 is 15.9 Å². The molecular formula is C32H25BrN6O. The Labute approximate surface area is 240 Å². The zero-order chi connectivity index (χ0) is 27.2. The predicted octanol–water partition coefficient (Wildman–Crippen LogP) is 7.75. The number of ether oxygens (including phenoxy) is 1. The minimum atomic E-state index is -0.169. The highest BCUT2D eigenvalue weighted by atomic mass is 79.9. The number of anilines is 2. The number of hydrogen-bond acceptors (Lipinski definition) is 6. The monoisotopic (exact) mass is 588 g/mol. The Balaban J connectivity index is 1.47. The molecule has 0 saturated heterocycles. The molecule has 0 saturated carbocycles. The summed E-state index contributed by atoms with van der Waals surface area (Å²) in [6, 6.07) is 34.5. The number of nitrogens with one attached hydrogen (secondary N) is 1. The van der Waals surface area contributed by atoms with Crippen LogP contribution in [0.5, 0.6) is 5.75 Å². The highest BCUT2D eigenvalue weighted by molar-refractivity contribution is 9.10. The second-order valence-corrected chi connectivity index (χ2v) is 10.5. The average molecular weight is 589 g/mol. The SMILES string of the molecule is COc1ccc(NC2=Nc3ccccc3N3C2=Nc2c(c(C)nn2-c2ccccc2)[C@H]3c2ccc(Br)cc2)cc1. The number of hydrogen-bond donors (Lipinski definition) is 1. The summed E-state index contributed by atoms with van der Waals surface area (Å²) >= 11 is 3.61. The highest BCUT2D eigenvalue weighted by Gasteiger charge is 2.41. The van der Waals surface area contributed by atoms with Crippen molar-refractivity contribution in [3.63, 3.8) is 0 Å². The number of amidine groups is 2. The summed E-state index contributed by atoms with van der Waals surface area (Å²) in [7, 11) is 1.66. The maximum atomic E-state index is 5.36. The van der Waals surface area contributed by atoms with E-state index >= 15 is 0 Å². The van der Waals surface area contributed by atoms with Crippen molar-refractivity contribution < 1.29 is 4.74 Å². The van der Waals surface area contributed by atoms with Gasteiger partial charge >= 0.3 is 0 Å². The van der Waals surface area contributed by atoms with Crippen LogP contribution in [0.2, 0.25) is 0 Å². The highest BCUT2D eigenvalue weighted by Crippen LogP contribution is 2.48. The summed E-state index contributed by atoms with van der Waals surface area (Å²) < 4.78 is 8.32. The Kier molecular flexibility index (Phi) is 5.97. The lowest BCUT2D eigenvalue weighted by molar-refractivity contribution is 0.415. The molecule has 1 aromatic heterocycles. The minimum Gasteiger partial charge on any atom is -0.497 e. The van der Waals surface area contributed by atoms with Gasteiger partial charge in [-0.2, -0.15) is 5.10 Å². The van der Waals surface area contributed by atoms with Crippen molar-refractivity contribution in [2.24, 2.45) is 9.98 Å². The topological polar surface area (TPSA) is 67.0 Å². The second-order valence-electron chi connectivity index (χ2n) is 9.63. The lowest BCUT2D eigenvalue weighted by atomic mass is 9.93. The van der Waals surface area contributed by atoms with Crippen LogP contribution < -0.4 is 15.0 Å². The van der Waals surface area contributed by atoms with Crippen molar-refractivity contribution in [3.05, 3.63) is 124 Å². The smallest absolute Gasteiger partial charge is 0.179 e. The first-order valence-corrected chi connectivity index (χ1v) is 13.8. The summed E-state index contributed by atoms with van der Waals surface area (Å²) in [5, 5.41) is 8.53. The molecular weight excluding hydrogens is 564 g/mol. The fraction of sp³-hybridized carbons (Fsp3) is 0.0938. The third-order valence-electron chi connectivity index (χ3n) is 7.18. The number of fused-ring (bicyclic) bond motifs is 4. The molecule has 0 spiro atoms. The molecule has 40 heavy (non-hydrogen) atoms. The quantitative estimate of drug-likeness (QED) is 0.233. The van der Waals surface area contributed by atoms with Crippen LogP contribution in [0.3, 0.4) is 0 Å². The van der Waals surface area contributed by atoms with Crippen molar-refractivity contribution in [1.29, 1.82) is 0 Å². The molecule has 1 atom stereocenters. The summed E-state index contributed by atoms with van der Waals surface area (Å²) in [5.41, 5.74) is 6.84. The number of aliphatic imine (C=N–C) groups is 2. The summed E-state index contributed by atoms with van der Waals surface area (Å²) in [6.07, 6.45) is 0. The van der Waals surface area contributed by atoms with Crippen molar-refractivity contribution >= 4 is 50.5 Å². The first-order valence-electron chi connectivity index (χ1n) is 13.0. The van der Waals surface area contributed by atoms with Gasteiger partial charge in [-0.1, -0.05) is 58.4 Å². The summed E-state index contributed by atoms with van der Waals surface area (Å²) in [5.74, 6) is 2.98. The van der Waals surface area contributed by atoms with Crippen molar-refractivity contribution in [2.75, 3.05) is 17.3 Å². The van der Waals surface area contributed by atoms with Gasteiger partial charge in [-0.3, -0.25) is 0 Å². The molecule has 3 heterocycles. The van der Waals surface area contributed by atoms with E-state index in [2.05, 4.69) is 75.5 Å². The largest absolute Gasteiger partial charge is 0.497 e. The molecule has 7 nitrogen and oxygen atoms in total. The van der Waals surface area contributed by atoms with E-state index in [-0.39, 0.29) is 6.04 Å². The number of rotatable bonds is 4. The molecule has 0 radical (unpaired) electrons. The van der Waals surface area contributed by atoms with Gasteiger partial charge in [0.15, 0.2) is 17.5 Å². The van der Waals surface area contributed by atoms with Gasteiger partial charge in [0.25, 0.3) is 0 Å². The predicted molar refractivity (Wildman–Crippen MR) is 164 cm³/mol. The third-order valence-corrected chi connectivity index (χ3v) is 7.71. The van der Waals surface area contributed by atoms with E-state index < -0.39 is 0 Å². The summed E-state index contributed by atoms with van der Waals surface area (Å²) in [4.78, 5) is 12.6. The molecule has 0 fully saturated rings. The standard InChI is InChI=1S/C32H25BrN6O/c1-20-28-29(21-12-14-22(33)15-13-21)38-27-11-7-6-10-26(27)35-30(34-23-16-18-25(40-2)19-17-23)32(38)36-31(28)39(37-20)24-8-4-3-5-9-24/h3-19,29H,1-2H3,(H,34,35)/t29-/m1/s1. The number of methoxy groups -OCH3 is 1. The molecule has 8 heteroatoms. The van der Waals surface area contributed by atoms with E-state index in [1.165, 1.54) is 0 Å². The molecule has 0 aliphatic carbocycles. The molecule has 7 rings (SSSR count). The minimum absolute atomic E-state index is 0.169. The zero-order valence-corrected chi connectivity index (χ0v) is 23.5. The van der Waals surface area contributed by atoms with E-state index in [9.17, 15) is 0 Å². The van der Waals surface area contributed by atoms with Crippen LogP contribution in [0.25, 0.3) is 5.69 Å². The number of benzene rings is 4. The molecule has 0 amide bonds. The van der Waals surface area contributed by atoms with Crippen molar-refractivity contribution in [3.8, 4) is 11.4 Å². The maximum Gasteiger partial charge on any atom is 0.179 e. The fourth-order valence-corrected chi connectivity index (χ4v) is 5.58. The average Bonchev–Trinajstić information content (AvgIpc) is 3.33. The molecule has 4 aromatic carbocycles. The second kappa shape index (κ2) is 9.81. The molecule has 5 aromatic rings. The van der Waals surface area contributed by atoms with Gasteiger partial charge in [0.05, 0.1) is 35.9 Å².